The zero-order chi connectivity index (χ0) is 17.3. The first-order valence-corrected chi connectivity index (χ1v) is 7.72. The van der Waals surface area contributed by atoms with Gasteiger partial charge in [-0.05, 0) is 37.0 Å². The van der Waals surface area contributed by atoms with E-state index in [0.717, 1.165) is 31.8 Å². The van der Waals surface area contributed by atoms with Crippen molar-refractivity contribution in [1.29, 1.82) is 0 Å². The van der Waals surface area contributed by atoms with Gasteiger partial charge in [0.2, 0.25) is 0 Å². The molecule has 1 nitrogen and oxygen atoms in total. The highest BCUT2D eigenvalue weighted by atomic mass is 19.4. The van der Waals surface area contributed by atoms with E-state index < -0.39 is 36.5 Å². The Morgan fingerprint density at radius 1 is 1.09 bits per heavy atom. The predicted octanol–water partition coefficient (Wildman–Crippen LogP) is 5.66. The minimum atomic E-state index is -5.18. The molecule has 0 heterocycles. The fourth-order valence-corrected chi connectivity index (χ4v) is 3.79. The largest absolute Gasteiger partial charge is 0.417 e. The molecule has 0 saturated heterocycles. The van der Waals surface area contributed by atoms with E-state index in [9.17, 15) is 31.4 Å². The molecule has 0 aliphatic heterocycles. The van der Waals surface area contributed by atoms with Crippen LogP contribution in [-0.2, 0) is 0 Å². The van der Waals surface area contributed by atoms with Crippen LogP contribution >= 0.6 is 0 Å². The minimum absolute atomic E-state index is 0.156. The van der Waals surface area contributed by atoms with E-state index in [1.165, 1.54) is 12.8 Å². The number of halogens is 6. The Bertz CT molecular complexity index is 477. The third-order valence-electron chi connectivity index (χ3n) is 5.10. The van der Waals surface area contributed by atoms with Crippen LogP contribution in [0.25, 0.3) is 0 Å². The first kappa shape index (κ1) is 18.4. The average Bonchev–Trinajstić information content (AvgIpc) is 2.86. The van der Waals surface area contributed by atoms with Gasteiger partial charge in [0, 0.05) is 12.8 Å². The van der Waals surface area contributed by atoms with Gasteiger partial charge in [0.15, 0.2) is 11.4 Å². The Morgan fingerprint density at radius 2 is 1.65 bits per heavy atom. The van der Waals surface area contributed by atoms with Crippen LogP contribution in [0.5, 0.6) is 0 Å². The second-order valence-corrected chi connectivity index (χ2v) is 6.88. The highest BCUT2D eigenvalue weighted by molar-refractivity contribution is 5.09. The highest BCUT2D eigenvalue weighted by Gasteiger charge is 2.54. The van der Waals surface area contributed by atoms with Crippen LogP contribution in [0.4, 0.5) is 26.3 Å². The standard InChI is InChI=1S/C16H20F6O/c17-12(13(18)19)10-15(23,16(20,21)22)7-3-4-11-8-14(9-11)5-1-2-6-14/h3-4,11,23H,1-2,5-10H2. The second-order valence-electron chi connectivity index (χ2n) is 6.88. The number of aliphatic hydroxyl groups is 1. The summed E-state index contributed by atoms with van der Waals surface area (Å²) in [7, 11) is 0. The fourth-order valence-electron chi connectivity index (χ4n) is 3.79. The maximum Gasteiger partial charge on any atom is 0.417 e. The summed E-state index contributed by atoms with van der Waals surface area (Å²) in [5, 5.41) is 9.59. The molecule has 0 aromatic rings. The molecule has 1 unspecified atom stereocenters. The summed E-state index contributed by atoms with van der Waals surface area (Å²) < 4.78 is 75.5. The molecule has 132 valence electrons. The van der Waals surface area contributed by atoms with Gasteiger partial charge >= 0.3 is 12.3 Å². The summed E-state index contributed by atoms with van der Waals surface area (Å²) in [6, 6.07) is 0. The molecular weight excluding hydrogens is 322 g/mol. The molecule has 0 radical (unpaired) electrons. The van der Waals surface area contributed by atoms with Crippen LogP contribution in [0.1, 0.15) is 51.4 Å². The van der Waals surface area contributed by atoms with Crippen molar-refractivity contribution in [3.63, 3.8) is 0 Å². The molecule has 1 spiro atoms. The molecular formula is C16H20F6O. The Hall–Kier alpha value is -0.980. The smallest absolute Gasteiger partial charge is 0.380 e. The molecule has 2 saturated carbocycles. The zero-order valence-electron chi connectivity index (χ0n) is 12.6. The molecule has 7 heteroatoms. The summed E-state index contributed by atoms with van der Waals surface area (Å²) in [6.07, 6.45) is -1.48. The number of hydrogen-bond acceptors (Lipinski definition) is 1. The molecule has 0 amide bonds. The molecule has 0 aromatic heterocycles. The van der Waals surface area contributed by atoms with E-state index in [4.69, 9.17) is 0 Å². The van der Waals surface area contributed by atoms with Crippen LogP contribution < -0.4 is 0 Å². The lowest BCUT2D eigenvalue weighted by molar-refractivity contribution is -0.259. The van der Waals surface area contributed by atoms with Crippen LogP contribution in [0.15, 0.2) is 24.1 Å². The van der Waals surface area contributed by atoms with Crippen LogP contribution in [0.3, 0.4) is 0 Å². The van der Waals surface area contributed by atoms with E-state index in [-0.39, 0.29) is 5.92 Å². The number of rotatable bonds is 5. The van der Waals surface area contributed by atoms with Crippen molar-refractivity contribution in [2.45, 2.75) is 63.1 Å². The van der Waals surface area contributed by atoms with Crippen molar-refractivity contribution >= 4 is 0 Å². The molecule has 2 rings (SSSR count). The van der Waals surface area contributed by atoms with Gasteiger partial charge in [-0.3, -0.25) is 0 Å². The molecule has 2 fully saturated rings. The molecule has 0 bridgehead atoms. The Labute approximate surface area is 131 Å². The van der Waals surface area contributed by atoms with Gasteiger partial charge in [0.25, 0.3) is 0 Å². The van der Waals surface area contributed by atoms with Gasteiger partial charge in [-0.2, -0.15) is 22.0 Å². The van der Waals surface area contributed by atoms with E-state index in [1.54, 1.807) is 6.08 Å². The number of allylic oxidation sites excluding steroid dienone is 1. The SMILES string of the molecule is OC(CC=CC1CC2(CCCC2)C1)(CC(F)=C(F)F)C(F)(F)F. The van der Waals surface area contributed by atoms with Crippen LogP contribution in [0.2, 0.25) is 0 Å². The van der Waals surface area contributed by atoms with Crippen LogP contribution in [0, 0.1) is 11.3 Å². The van der Waals surface area contributed by atoms with Gasteiger partial charge in [0.1, 0.15) is 0 Å². The quantitative estimate of drug-likeness (QED) is 0.504. The third-order valence-corrected chi connectivity index (χ3v) is 5.10. The number of alkyl halides is 3. The van der Waals surface area contributed by atoms with Crippen molar-refractivity contribution in [2.24, 2.45) is 11.3 Å². The lowest BCUT2D eigenvalue weighted by Gasteiger charge is -2.44. The average molecular weight is 342 g/mol. The third kappa shape index (κ3) is 4.11. The van der Waals surface area contributed by atoms with Crippen molar-refractivity contribution in [1.82, 2.24) is 0 Å². The highest BCUT2D eigenvalue weighted by Crippen LogP contribution is 2.56. The maximum atomic E-state index is 12.9. The van der Waals surface area contributed by atoms with Crippen LogP contribution in [-0.4, -0.2) is 16.9 Å². The van der Waals surface area contributed by atoms with Gasteiger partial charge < -0.3 is 5.11 Å². The first-order valence-electron chi connectivity index (χ1n) is 7.72. The normalized spacial score (nSPS) is 24.0. The first-order chi connectivity index (χ1) is 10.6. The van der Waals surface area contributed by atoms with Crippen molar-refractivity contribution in [3.8, 4) is 0 Å². The summed E-state index contributed by atoms with van der Waals surface area (Å²) >= 11 is 0. The van der Waals surface area contributed by atoms with E-state index in [2.05, 4.69) is 0 Å². The minimum Gasteiger partial charge on any atom is -0.380 e. The predicted molar refractivity (Wildman–Crippen MR) is 73.4 cm³/mol. The summed E-state index contributed by atoms with van der Waals surface area (Å²) in [5.74, 6) is -2.07. The van der Waals surface area contributed by atoms with E-state index in [0.29, 0.717) is 5.41 Å². The molecule has 1 atom stereocenters. The van der Waals surface area contributed by atoms with Crippen molar-refractivity contribution in [2.75, 3.05) is 0 Å². The molecule has 0 aromatic carbocycles. The summed E-state index contributed by atoms with van der Waals surface area (Å²) in [6.45, 7) is 0. The van der Waals surface area contributed by atoms with Gasteiger partial charge in [-0.15, -0.1) is 0 Å². The zero-order valence-corrected chi connectivity index (χ0v) is 12.6. The van der Waals surface area contributed by atoms with E-state index >= 15 is 0 Å². The Balaban J connectivity index is 1.94. The van der Waals surface area contributed by atoms with Gasteiger partial charge in [0.05, 0.1) is 0 Å². The van der Waals surface area contributed by atoms with E-state index in [1.807, 2.05) is 0 Å². The molecule has 23 heavy (non-hydrogen) atoms. The fraction of sp³-hybridized carbons (Fsp3) is 0.750. The van der Waals surface area contributed by atoms with Crippen molar-refractivity contribution in [3.05, 3.63) is 24.1 Å². The maximum absolute atomic E-state index is 12.9. The summed E-state index contributed by atoms with van der Waals surface area (Å²) in [5.41, 5.74) is -3.17. The second kappa shape index (κ2) is 6.49. The molecule has 2 aliphatic carbocycles. The topological polar surface area (TPSA) is 20.2 Å². The van der Waals surface area contributed by atoms with Gasteiger partial charge in [-0.1, -0.05) is 25.0 Å². The lowest BCUT2D eigenvalue weighted by Crippen LogP contribution is -2.45. The molecule has 2 aliphatic rings. The summed E-state index contributed by atoms with van der Waals surface area (Å²) in [4.78, 5) is 0. The molecule has 1 N–H and O–H groups in total. The lowest BCUT2D eigenvalue weighted by atomic mass is 9.61. The van der Waals surface area contributed by atoms with Crippen molar-refractivity contribution < 1.29 is 31.4 Å². The van der Waals surface area contributed by atoms with Gasteiger partial charge in [-0.25, -0.2) is 4.39 Å². The Morgan fingerprint density at radius 3 is 2.13 bits per heavy atom. The Kier molecular flexibility index (Phi) is 5.18. The number of hydrogen-bond donors (Lipinski definition) is 1. The monoisotopic (exact) mass is 342 g/mol.